The van der Waals surface area contributed by atoms with Crippen molar-refractivity contribution in [3.63, 3.8) is 0 Å². The zero-order valence-corrected chi connectivity index (χ0v) is 12.3. The van der Waals surface area contributed by atoms with Gasteiger partial charge in [-0.05, 0) is 37.1 Å². The number of carbonyl (C=O) groups is 1. The fraction of sp³-hybridized carbons (Fsp3) is 0.231. The summed E-state index contributed by atoms with van der Waals surface area (Å²) in [4.78, 5) is 16.0. The molecule has 94 valence electrons. The molecule has 0 saturated heterocycles. The largest absolute Gasteiger partial charge is 0.326 e. The van der Waals surface area contributed by atoms with Crippen molar-refractivity contribution in [2.24, 2.45) is 0 Å². The maximum absolute atomic E-state index is 11.8. The summed E-state index contributed by atoms with van der Waals surface area (Å²) in [7, 11) is 0. The third-order valence-electron chi connectivity index (χ3n) is 2.55. The Bertz CT molecular complexity index is 540. The monoisotopic (exact) mass is 324 g/mol. The van der Waals surface area contributed by atoms with Gasteiger partial charge >= 0.3 is 0 Å². The first-order chi connectivity index (χ1) is 8.65. The van der Waals surface area contributed by atoms with E-state index in [9.17, 15) is 4.79 Å². The lowest BCUT2D eigenvalue weighted by atomic mass is 10.2. The van der Waals surface area contributed by atoms with E-state index in [0.29, 0.717) is 12.8 Å². The Hall–Kier alpha value is -1.20. The van der Waals surface area contributed by atoms with Crippen molar-refractivity contribution in [3.8, 4) is 0 Å². The van der Waals surface area contributed by atoms with E-state index >= 15 is 0 Å². The van der Waals surface area contributed by atoms with Crippen molar-refractivity contribution in [3.05, 3.63) is 44.8 Å². The van der Waals surface area contributed by atoms with Gasteiger partial charge in [0, 0.05) is 22.0 Å². The number of halogens is 1. The van der Waals surface area contributed by atoms with Gasteiger partial charge in [-0.2, -0.15) is 0 Å². The number of nitrogens with one attached hydrogen (secondary N) is 1. The molecule has 0 spiro atoms. The predicted octanol–water partition coefficient (Wildman–Crippen LogP) is 3.79. The maximum atomic E-state index is 11.8. The first-order valence-electron chi connectivity index (χ1n) is 5.58. The number of aromatic nitrogens is 1. The molecule has 0 atom stereocenters. The van der Waals surface area contributed by atoms with E-state index in [0.717, 1.165) is 21.4 Å². The van der Waals surface area contributed by atoms with Crippen LogP contribution in [0.15, 0.2) is 33.6 Å². The number of anilines is 1. The highest BCUT2D eigenvalue weighted by Crippen LogP contribution is 2.20. The number of hydrogen-bond acceptors (Lipinski definition) is 3. The van der Waals surface area contributed by atoms with E-state index < -0.39 is 0 Å². The second-order valence-electron chi connectivity index (χ2n) is 3.99. The maximum Gasteiger partial charge on any atom is 0.224 e. The van der Waals surface area contributed by atoms with Crippen LogP contribution in [0.1, 0.15) is 17.7 Å². The minimum absolute atomic E-state index is 0.0217. The molecule has 2 aromatic rings. The van der Waals surface area contributed by atoms with Crippen LogP contribution in [-0.2, 0) is 11.2 Å². The molecule has 0 bridgehead atoms. The van der Waals surface area contributed by atoms with Gasteiger partial charge < -0.3 is 5.32 Å². The summed E-state index contributed by atoms with van der Waals surface area (Å²) in [6, 6.07) is 5.80. The summed E-state index contributed by atoms with van der Waals surface area (Å²) in [5.41, 5.74) is 4.67. The Morgan fingerprint density at radius 3 is 3.00 bits per heavy atom. The molecule has 2 rings (SSSR count). The third kappa shape index (κ3) is 3.65. The van der Waals surface area contributed by atoms with Crippen LogP contribution in [0.2, 0.25) is 0 Å². The van der Waals surface area contributed by atoms with Gasteiger partial charge in [-0.15, -0.1) is 11.3 Å². The summed E-state index contributed by atoms with van der Waals surface area (Å²) >= 11 is 4.95. The van der Waals surface area contributed by atoms with Gasteiger partial charge in [0.05, 0.1) is 11.2 Å². The van der Waals surface area contributed by atoms with E-state index in [4.69, 9.17) is 0 Å². The van der Waals surface area contributed by atoms with Crippen LogP contribution >= 0.6 is 27.3 Å². The van der Waals surface area contributed by atoms with Crippen LogP contribution in [0.25, 0.3) is 0 Å². The van der Waals surface area contributed by atoms with Crippen molar-refractivity contribution in [1.29, 1.82) is 0 Å². The highest BCUT2D eigenvalue weighted by atomic mass is 79.9. The van der Waals surface area contributed by atoms with E-state index in [-0.39, 0.29) is 5.91 Å². The number of rotatable bonds is 4. The standard InChI is InChI=1S/C13H13BrN2OS/c1-9-6-10(14)2-4-12(9)16-13(17)5-3-11-7-18-8-15-11/h2,4,6-8H,3,5H2,1H3,(H,16,17). The van der Waals surface area contributed by atoms with E-state index in [1.807, 2.05) is 30.5 Å². The molecule has 1 heterocycles. The minimum Gasteiger partial charge on any atom is -0.326 e. The zero-order chi connectivity index (χ0) is 13.0. The number of thiazole rings is 1. The molecule has 0 saturated carbocycles. The smallest absolute Gasteiger partial charge is 0.224 e. The third-order valence-corrected chi connectivity index (χ3v) is 3.68. The van der Waals surface area contributed by atoms with Crippen LogP contribution in [0.5, 0.6) is 0 Å². The lowest BCUT2D eigenvalue weighted by molar-refractivity contribution is -0.116. The molecule has 0 aliphatic carbocycles. The lowest BCUT2D eigenvalue weighted by Gasteiger charge is -2.08. The lowest BCUT2D eigenvalue weighted by Crippen LogP contribution is -2.13. The highest BCUT2D eigenvalue weighted by molar-refractivity contribution is 9.10. The Balaban J connectivity index is 1.91. The van der Waals surface area contributed by atoms with Crippen molar-refractivity contribution in [1.82, 2.24) is 4.98 Å². The summed E-state index contributed by atoms with van der Waals surface area (Å²) in [5, 5.41) is 4.89. The summed E-state index contributed by atoms with van der Waals surface area (Å²) < 4.78 is 1.01. The fourth-order valence-corrected chi connectivity index (χ4v) is 2.65. The van der Waals surface area contributed by atoms with Crippen molar-refractivity contribution < 1.29 is 4.79 Å². The van der Waals surface area contributed by atoms with Crippen LogP contribution in [0.3, 0.4) is 0 Å². The molecule has 0 fully saturated rings. The Morgan fingerprint density at radius 1 is 1.50 bits per heavy atom. The number of aryl methyl sites for hydroxylation is 2. The first-order valence-corrected chi connectivity index (χ1v) is 7.32. The topological polar surface area (TPSA) is 42.0 Å². The fourth-order valence-electron chi connectivity index (χ4n) is 1.58. The molecule has 1 amide bonds. The van der Waals surface area contributed by atoms with Crippen LogP contribution in [-0.4, -0.2) is 10.9 Å². The second kappa shape index (κ2) is 6.11. The van der Waals surface area contributed by atoms with Crippen LogP contribution in [0, 0.1) is 6.92 Å². The zero-order valence-electron chi connectivity index (χ0n) is 9.94. The number of nitrogens with zero attached hydrogens (tertiary/aromatic N) is 1. The van der Waals surface area contributed by atoms with Crippen molar-refractivity contribution in [2.75, 3.05) is 5.32 Å². The number of amides is 1. The Labute approximate surface area is 118 Å². The molecule has 1 aromatic carbocycles. The van der Waals surface area contributed by atoms with Crippen LogP contribution < -0.4 is 5.32 Å². The molecule has 0 aliphatic rings. The van der Waals surface area contributed by atoms with Crippen LogP contribution in [0.4, 0.5) is 5.69 Å². The molecule has 18 heavy (non-hydrogen) atoms. The van der Waals surface area contributed by atoms with Gasteiger partial charge in [-0.3, -0.25) is 4.79 Å². The van der Waals surface area contributed by atoms with Gasteiger partial charge in [-0.1, -0.05) is 15.9 Å². The first kappa shape index (κ1) is 13.2. The Morgan fingerprint density at radius 2 is 2.33 bits per heavy atom. The number of carbonyl (C=O) groups excluding carboxylic acids is 1. The quantitative estimate of drug-likeness (QED) is 0.929. The van der Waals surface area contributed by atoms with E-state index in [1.54, 1.807) is 16.8 Å². The molecule has 1 N–H and O–H groups in total. The predicted molar refractivity (Wildman–Crippen MR) is 77.9 cm³/mol. The molecule has 3 nitrogen and oxygen atoms in total. The number of benzene rings is 1. The van der Waals surface area contributed by atoms with Gasteiger partial charge in [0.2, 0.25) is 5.91 Å². The molecular weight excluding hydrogens is 312 g/mol. The normalized spacial score (nSPS) is 10.3. The van der Waals surface area contributed by atoms with Gasteiger partial charge in [-0.25, -0.2) is 4.98 Å². The van der Waals surface area contributed by atoms with E-state index in [2.05, 4.69) is 26.2 Å². The molecule has 0 radical (unpaired) electrons. The second-order valence-corrected chi connectivity index (χ2v) is 5.62. The molecule has 0 aliphatic heterocycles. The van der Waals surface area contributed by atoms with Gasteiger partial charge in [0.1, 0.15) is 0 Å². The molecule has 0 unspecified atom stereocenters. The number of hydrogen-bond donors (Lipinski definition) is 1. The average molecular weight is 325 g/mol. The van der Waals surface area contributed by atoms with Crippen molar-refractivity contribution >= 4 is 38.9 Å². The molecular formula is C13H13BrN2OS. The van der Waals surface area contributed by atoms with Gasteiger partial charge in [0.25, 0.3) is 0 Å². The summed E-state index contributed by atoms with van der Waals surface area (Å²) in [5.74, 6) is 0.0217. The minimum atomic E-state index is 0.0217. The van der Waals surface area contributed by atoms with Gasteiger partial charge in [0.15, 0.2) is 0 Å². The molecule has 1 aromatic heterocycles. The average Bonchev–Trinajstić information content (AvgIpc) is 2.83. The SMILES string of the molecule is Cc1cc(Br)ccc1NC(=O)CCc1cscn1. The highest BCUT2D eigenvalue weighted by Gasteiger charge is 2.06. The summed E-state index contributed by atoms with van der Waals surface area (Å²) in [6.07, 6.45) is 1.14. The summed E-state index contributed by atoms with van der Waals surface area (Å²) in [6.45, 7) is 1.97. The molecule has 5 heteroatoms. The van der Waals surface area contributed by atoms with Crippen molar-refractivity contribution in [2.45, 2.75) is 19.8 Å². The van der Waals surface area contributed by atoms with E-state index in [1.165, 1.54) is 0 Å². The Kier molecular flexibility index (Phi) is 4.49.